The average molecular weight is 407 g/mol. The van der Waals surface area contributed by atoms with Gasteiger partial charge >= 0.3 is 0 Å². The molecule has 1 unspecified atom stereocenters. The predicted octanol–water partition coefficient (Wildman–Crippen LogP) is 2.90. The molecule has 27 heavy (non-hydrogen) atoms. The van der Waals surface area contributed by atoms with Gasteiger partial charge < -0.3 is 10.8 Å². The molecular weight excluding hydrogens is 376 g/mol. The van der Waals surface area contributed by atoms with Crippen LogP contribution in [0.15, 0.2) is 59.5 Å². The fourth-order valence-electron chi connectivity index (χ4n) is 2.90. The van der Waals surface area contributed by atoms with Gasteiger partial charge in [0, 0.05) is 30.3 Å². The first-order chi connectivity index (χ1) is 12.7. The van der Waals surface area contributed by atoms with E-state index >= 15 is 0 Å². The van der Waals surface area contributed by atoms with Crippen LogP contribution in [-0.2, 0) is 26.3 Å². The van der Waals surface area contributed by atoms with Gasteiger partial charge in [-0.1, -0.05) is 61.9 Å². The highest BCUT2D eigenvalue weighted by Gasteiger charge is 2.26. The summed E-state index contributed by atoms with van der Waals surface area (Å²) in [7, 11) is -2.86. The Morgan fingerprint density at radius 2 is 1.67 bits per heavy atom. The Morgan fingerprint density at radius 3 is 2.22 bits per heavy atom. The van der Waals surface area contributed by atoms with Crippen molar-refractivity contribution in [2.45, 2.75) is 44.2 Å². The van der Waals surface area contributed by atoms with E-state index in [0.29, 0.717) is 17.9 Å². The highest BCUT2D eigenvalue weighted by Crippen LogP contribution is 2.19. The molecule has 6 heteroatoms. The topological polar surface area (TPSA) is 66.6 Å². The average Bonchev–Trinajstić information content (AvgIpc) is 2.62. The molecule has 0 saturated heterocycles. The molecule has 2 aromatic rings. The van der Waals surface area contributed by atoms with Gasteiger partial charge in [-0.15, -0.1) is 0 Å². The molecule has 0 spiro atoms. The van der Waals surface area contributed by atoms with Gasteiger partial charge in [0.1, 0.15) is 8.68 Å². The Morgan fingerprint density at radius 1 is 1.07 bits per heavy atom. The summed E-state index contributed by atoms with van der Waals surface area (Å²) in [6, 6.07) is 16.8. The summed E-state index contributed by atoms with van der Waals surface area (Å²) in [5.41, 5.74) is 8.38. The Bertz CT molecular complexity index is 806. The van der Waals surface area contributed by atoms with E-state index in [1.54, 1.807) is 4.31 Å². The summed E-state index contributed by atoms with van der Waals surface area (Å²) in [5.74, 6) is 0.261. The Hall–Kier alpha value is -1.31. The molecule has 0 aliphatic carbocycles. The van der Waals surface area contributed by atoms with Crippen molar-refractivity contribution in [3.8, 4) is 0 Å². The molecule has 2 aromatic carbocycles. The maximum Gasteiger partial charge on any atom is 0.121 e. The fourth-order valence-corrected chi connectivity index (χ4v) is 5.22. The smallest absolute Gasteiger partial charge is 0.121 e. The predicted molar refractivity (Wildman–Crippen MR) is 115 cm³/mol. The van der Waals surface area contributed by atoms with Crippen molar-refractivity contribution < 1.29 is 9.32 Å². The normalized spacial score (nSPS) is 16.3. The van der Waals surface area contributed by atoms with Crippen LogP contribution in [0.3, 0.4) is 0 Å². The summed E-state index contributed by atoms with van der Waals surface area (Å²) in [4.78, 5) is 0.604. The van der Waals surface area contributed by atoms with Crippen LogP contribution < -0.4 is 5.73 Å². The molecule has 4 nitrogen and oxygen atoms in total. The first-order valence-corrected chi connectivity index (χ1v) is 11.7. The van der Waals surface area contributed by atoms with E-state index < -0.39 is 20.8 Å². The number of hydrogen-bond donors (Lipinski definition) is 2. The van der Waals surface area contributed by atoms with Crippen molar-refractivity contribution in [2.75, 3.05) is 13.1 Å². The van der Waals surface area contributed by atoms with Gasteiger partial charge in [-0.25, -0.2) is 8.51 Å². The Kier molecular flexibility index (Phi) is 7.94. The lowest BCUT2D eigenvalue weighted by molar-refractivity contribution is 0.118. The largest absolute Gasteiger partial charge is 0.390 e. The molecule has 3 atom stereocenters. The molecule has 0 amide bonds. The summed E-state index contributed by atoms with van der Waals surface area (Å²) < 4.78 is 15.2. The van der Waals surface area contributed by atoms with Crippen LogP contribution in [0.4, 0.5) is 0 Å². The number of aryl methyl sites for hydroxylation is 1. The monoisotopic (exact) mass is 406 g/mol. The molecule has 0 aliphatic rings. The first-order valence-electron chi connectivity index (χ1n) is 9.24. The molecule has 2 rings (SSSR count). The summed E-state index contributed by atoms with van der Waals surface area (Å²) in [6.45, 7) is 6.79. The van der Waals surface area contributed by atoms with Crippen LogP contribution in [0.2, 0.25) is 0 Å². The Balaban J connectivity index is 2.16. The number of nitrogens with zero attached hydrogens (tertiary/aromatic N) is 1. The third kappa shape index (κ3) is 6.36. The zero-order chi connectivity index (χ0) is 20.0. The molecule has 0 aromatic heterocycles. The van der Waals surface area contributed by atoms with Crippen molar-refractivity contribution in [3.63, 3.8) is 0 Å². The van der Waals surface area contributed by atoms with Gasteiger partial charge in [0.05, 0.1) is 11.0 Å². The lowest BCUT2D eigenvalue weighted by Crippen LogP contribution is -2.47. The van der Waals surface area contributed by atoms with Gasteiger partial charge in [-0.05, 0) is 37.0 Å². The van der Waals surface area contributed by atoms with E-state index in [2.05, 4.69) is 0 Å². The maximum absolute atomic E-state index is 13.4. The lowest BCUT2D eigenvalue weighted by Gasteiger charge is -2.30. The number of nitrogens with two attached hydrogens (primary N) is 1. The molecule has 0 saturated carbocycles. The van der Waals surface area contributed by atoms with Gasteiger partial charge in [-0.3, -0.25) is 0 Å². The van der Waals surface area contributed by atoms with Crippen LogP contribution in [0, 0.1) is 12.8 Å². The second-order valence-corrected chi connectivity index (χ2v) is 10.7. The SMILES string of the molecule is Cc1ccc(S(=O)(=S)N(CC(C)C)C[C@@H](O)[C@@H](N)Cc2ccccc2)cc1. The summed E-state index contributed by atoms with van der Waals surface area (Å²) in [5, 5.41) is 10.7. The fraction of sp³-hybridized carbons (Fsp3) is 0.429. The van der Waals surface area contributed by atoms with Crippen molar-refractivity contribution in [1.29, 1.82) is 0 Å². The van der Waals surface area contributed by atoms with Gasteiger partial charge in [0.15, 0.2) is 0 Å². The van der Waals surface area contributed by atoms with Crippen LogP contribution in [-0.4, -0.2) is 38.9 Å². The zero-order valence-electron chi connectivity index (χ0n) is 16.2. The minimum absolute atomic E-state index is 0.183. The quantitative estimate of drug-likeness (QED) is 0.672. The van der Waals surface area contributed by atoms with Gasteiger partial charge in [0.25, 0.3) is 0 Å². The molecule has 148 valence electrons. The number of hydrogen-bond acceptors (Lipinski definition) is 4. The minimum Gasteiger partial charge on any atom is -0.390 e. The highest BCUT2D eigenvalue weighted by molar-refractivity contribution is 8.31. The molecule has 3 N–H and O–H groups in total. The van der Waals surface area contributed by atoms with Gasteiger partial charge in [0.2, 0.25) is 0 Å². The third-order valence-electron chi connectivity index (χ3n) is 4.43. The van der Waals surface area contributed by atoms with E-state index in [1.165, 1.54) is 0 Å². The highest BCUT2D eigenvalue weighted by atomic mass is 32.8. The van der Waals surface area contributed by atoms with Crippen molar-refractivity contribution in [3.05, 3.63) is 65.7 Å². The molecule has 0 fully saturated rings. The van der Waals surface area contributed by atoms with Crippen LogP contribution in [0.5, 0.6) is 0 Å². The molecule has 0 heterocycles. The van der Waals surface area contributed by atoms with Crippen LogP contribution in [0.1, 0.15) is 25.0 Å². The number of rotatable bonds is 9. The van der Waals surface area contributed by atoms with E-state index in [4.69, 9.17) is 16.9 Å². The minimum atomic E-state index is -2.86. The van der Waals surface area contributed by atoms with E-state index in [1.807, 2.05) is 75.4 Å². The maximum atomic E-state index is 13.4. The second kappa shape index (κ2) is 9.75. The standard InChI is InChI=1S/C21H30N2O2S2/c1-16(2)14-23(27(25,26)19-11-9-17(3)10-12-19)15-21(24)20(22)13-18-7-5-4-6-8-18/h4-12,16,20-21,24H,13-15,22H2,1-3H3/t20-,21+,27?/m0/s1. The van der Waals surface area contributed by atoms with E-state index in [9.17, 15) is 9.32 Å². The summed E-state index contributed by atoms with van der Waals surface area (Å²) in [6.07, 6.45) is -0.265. The van der Waals surface area contributed by atoms with E-state index in [0.717, 1.165) is 11.1 Å². The Labute approximate surface area is 168 Å². The number of aliphatic hydroxyl groups is 1. The lowest BCUT2D eigenvalue weighted by atomic mass is 10.0. The molecular formula is C21H30N2O2S2. The number of benzene rings is 2. The van der Waals surface area contributed by atoms with Gasteiger partial charge in [-0.2, -0.15) is 0 Å². The van der Waals surface area contributed by atoms with Crippen molar-refractivity contribution in [2.24, 2.45) is 11.7 Å². The first kappa shape index (κ1) is 22.0. The zero-order valence-corrected chi connectivity index (χ0v) is 17.9. The summed E-state index contributed by atoms with van der Waals surface area (Å²) >= 11 is 5.53. The van der Waals surface area contributed by atoms with E-state index in [-0.39, 0.29) is 12.5 Å². The van der Waals surface area contributed by atoms with Crippen molar-refractivity contribution in [1.82, 2.24) is 4.31 Å². The third-order valence-corrected chi connectivity index (χ3v) is 7.48. The van der Waals surface area contributed by atoms with Crippen LogP contribution in [0.25, 0.3) is 0 Å². The number of aliphatic hydroxyl groups excluding tert-OH is 1. The molecule has 0 bridgehead atoms. The van der Waals surface area contributed by atoms with Crippen LogP contribution >= 0.6 is 0 Å². The second-order valence-electron chi connectivity index (χ2n) is 7.45. The molecule has 0 radical (unpaired) electrons. The molecule has 0 aliphatic heterocycles. The van der Waals surface area contributed by atoms with Crippen molar-refractivity contribution >= 4 is 19.9 Å².